The third-order valence-corrected chi connectivity index (χ3v) is 13.3. The van der Waals surface area contributed by atoms with Crippen molar-refractivity contribution in [3.8, 4) is 22.4 Å². The van der Waals surface area contributed by atoms with Gasteiger partial charge >= 0.3 is 0 Å². The minimum absolute atomic E-state index is 0.178. The second-order valence-corrected chi connectivity index (χ2v) is 17.5. The van der Waals surface area contributed by atoms with Crippen LogP contribution in [0.5, 0.6) is 0 Å². The molecule has 0 amide bonds. The van der Waals surface area contributed by atoms with Crippen LogP contribution in [0.4, 0.5) is 28.4 Å². The minimum atomic E-state index is 0.178. The number of allylic oxidation sites excluding steroid dienone is 3. The number of nitrogens with zero attached hydrogens (tertiary/aromatic N) is 4. The number of benzene rings is 9. The summed E-state index contributed by atoms with van der Waals surface area (Å²) in [6.07, 6.45) is 7.12. The fraction of sp³-hybridized carbons (Fsp3) is 0.0476. The number of anilines is 5. The smallest absolute Gasteiger partial charge is 0.0978 e. The maximum absolute atomic E-state index is 5.39. The monoisotopic (exact) mass is 858 g/mol. The summed E-state index contributed by atoms with van der Waals surface area (Å²) < 4.78 is 0. The zero-order chi connectivity index (χ0) is 44.7. The standard InChI is InChI=1S/C63H46N4/c1-43-40-54(67(55-31-28-44-16-11-12-19-47(44)42-55)53-34-32-52(33-35-53)66(50-22-7-3-8-23-50)51-24-9-4-10-25-51)36-38-56(43)48-20-15-21-49(41-48)59-39-30-46-29-37-58-61(45-17-5-2-6-18-45)57-26-13-14-27-60(57)65-63(58)62(46)64-59/h2-43,56H,1H3/t43-,56?/m1/s1. The summed E-state index contributed by atoms with van der Waals surface area (Å²) in [5, 5.41) is 5.75. The van der Waals surface area contributed by atoms with E-state index in [4.69, 9.17) is 9.97 Å². The predicted molar refractivity (Wildman–Crippen MR) is 282 cm³/mol. The van der Waals surface area contributed by atoms with Gasteiger partial charge < -0.3 is 9.80 Å². The van der Waals surface area contributed by atoms with Gasteiger partial charge in [0.1, 0.15) is 0 Å². The molecule has 1 aliphatic rings. The van der Waals surface area contributed by atoms with E-state index in [2.05, 4.69) is 265 Å². The number of rotatable bonds is 9. The molecule has 67 heavy (non-hydrogen) atoms. The Morgan fingerprint density at radius 2 is 1.00 bits per heavy atom. The zero-order valence-electron chi connectivity index (χ0n) is 37.1. The van der Waals surface area contributed by atoms with Crippen LogP contribution >= 0.6 is 0 Å². The van der Waals surface area contributed by atoms with Gasteiger partial charge in [-0.05, 0) is 113 Å². The van der Waals surface area contributed by atoms with E-state index in [0.717, 1.165) is 78.1 Å². The fourth-order valence-corrected chi connectivity index (χ4v) is 10.0. The van der Waals surface area contributed by atoms with Gasteiger partial charge in [0.25, 0.3) is 0 Å². The van der Waals surface area contributed by atoms with Gasteiger partial charge in [0.05, 0.1) is 22.2 Å². The van der Waals surface area contributed by atoms with Gasteiger partial charge in [0.15, 0.2) is 0 Å². The van der Waals surface area contributed by atoms with E-state index >= 15 is 0 Å². The van der Waals surface area contributed by atoms with Gasteiger partial charge in [0.2, 0.25) is 0 Å². The molecule has 0 N–H and O–H groups in total. The summed E-state index contributed by atoms with van der Waals surface area (Å²) in [7, 11) is 0. The maximum atomic E-state index is 5.39. The number of hydrogen-bond donors (Lipinski definition) is 0. The molecule has 9 aromatic carbocycles. The summed E-state index contributed by atoms with van der Waals surface area (Å²) in [6.45, 7) is 2.33. The quantitative estimate of drug-likeness (QED) is 0.107. The van der Waals surface area contributed by atoms with E-state index in [1.807, 2.05) is 0 Å². The van der Waals surface area contributed by atoms with Crippen LogP contribution in [0.3, 0.4) is 0 Å². The third kappa shape index (κ3) is 7.49. The lowest BCUT2D eigenvalue weighted by Gasteiger charge is -2.32. The molecule has 12 rings (SSSR count). The molecule has 0 fully saturated rings. The van der Waals surface area contributed by atoms with Crippen LogP contribution in [-0.2, 0) is 0 Å². The van der Waals surface area contributed by atoms with E-state index < -0.39 is 0 Å². The Hall–Kier alpha value is -8.60. The Balaban J connectivity index is 0.894. The molecule has 1 aliphatic carbocycles. The van der Waals surface area contributed by atoms with Crippen molar-refractivity contribution in [1.29, 1.82) is 0 Å². The van der Waals surface area contributed by atoms with Crippen molar-refractivity contribution in [2.45, 2.75) is 12.8 Å². The van der Waals surface area contributed by atoms with E-state index in [1.54, 1.807) is 0 Å². The number of hydrogen-bond acceptors (Lipinski definition) is 4. The third-order valence-electron chi connectivity index (χ3n) is 13.3. The molecule has 0 bridgehead atoms. The maximum Gasteiger partial charge on any atom is 0.0978 e. The predicted octanol–water partition coefficient (Wildman–Crippen LogP) is 16.9. The number of fused-ring (bicyclic) bond motifs is 5. The summed E-state index contributed by atoms with van der Waals surface area (Å²) in [5.74, 6) is 0.393. The van der Waals surface area contributed by atoms with Gasteiger partial charge in [-0.25, -0.2) is 9.97 Å². The highest BCUT2D eigenvalue weighted by molar-refractivity contribution is 6.16. The van der Waals surface area contributed by atoms with Crippen LogP contribution in [0, 0.1) is 5.92 Å². The molecule has 0 saturated carbocycles. The Labute approximate surface area is 391 Å². The topological polar surface area (TPSA) is 32.3 Å². The van der Waals surface area contributed by atoms with Gasteiger partial charge in [-0.2, -0.15) is 0 Å². The molecular weight excluding hydrogens is 813 g/mol. The molecule has 0 aliphatic heterocycles. The first kappa shape index (κ1) is 40.0. The first-order chi connectivity index (χ1) is 33.1. The average molecular weight is 859 g/mol. The van der Waals surface area contributed by atoms with E-state index in [9.17, 15) is 0 Å². The van der Waals surface area contributed by atoms with E-state index in [-0.39, 0.29) is 11.8 Å². The van der Waals surface area contributed by atoms with Crippen molar-refractivity contribution in [3.05, 3.63) is 260 Å². The van der Waals surface area contributed by atoms with Gasteiger partial charge in [-0.1, -0.05) is 171 Å². The lowest BCUT2D eigenvalue weighted by Crippen LogP contribution is -2.20. The van der Waals surface area contributed by atoms with Gasteiger partial charge in [-0.15, -0.1) is 0 Å². The van der Waals surface area contributed by atoms with Crippen molar-refractivity contribution >= 4 is 71.9 Å². The van der Waals surface area contributed by atoms with Crippen LogP contribution in [0.2, 0.25) is 0 Å². The molecule has 318 valence electrons. The normalized spacial score (nSPS) is 14.7. The Bertz CT molecular complexity index is 3620. The fourth-order valence-electron chi connectivity index (χ4n) is 10.0. The Kier molecular flexibility index (Phi) is 10.2. The summed E-state index contributed by atoms with van der Waals surface area (Å²) in [4.78, 5) is 15.4. The minimum Gasteiger partial charge on any atom is -0.311 e. The lowest BCUT2D eigenvalue weighted by atomic mass is 9.82. The molecule has 4 nitrogen and oxygen atoms in total. The van der Waals surface area contributed by atoms with Crippen LogP contribution in [0.15, 0.2) is 254 Å². The summed E-state index contributed by atoms with van der Waals surface area (Å²) >= 11 is 0. The second-order valence-electron chi connectivity index (χ2n) is 17.5. The van der Waals surface area contributed by atoms with Crippen LogP contribution < -0.4 is 9.80 Å². The molecule has 11 aromatic rings. The highest BCUT2D eigenvalue weighted by Gasteiger charge is 2.24. The van der Waals surface area contributed by atoms with Crippen molar-refractivity contribution < 1.29 is 0 Å². The first-order valence-electron chi connectivity index (χ1n) is 23.1. The number of aromatic nitrogens is 2. The molecule has 2 heterocycles. The Morgan fingerprint density at radius 1 is 0.403 bits per heavy atom. The molecule has 2 atom stereocenters. The molecule has 0 spiro atoms. The van der Waals surface area contributed by atoms with Crippen molar-refractivity contribution in [2.24, 2.45) is 5.92 Å². The average Bonchev–Trinajstić information content (AvgIpc) is 3.39. The van der Waals surface area contributed by atoms with E-state index in [0.29, 0.717) is 0 Å². The zero-order valence-corrected chi connectivity index (χ0v) is 37.1. The Morgan fingerprint density at radius 3 is 1.75 bits per heavy atom. The SMILES string of the molecule is C[C@@H]1C=C(N(c2ccc(N(c3ccccc3)c3ccccc3)cc2)c2ccc3ccccc3c2)C=CC1c1cccc(-c2ccc3ccc4c(-c5ccccc5)c5ccccc5nc4c3n2)c1. The van der Waals surface area contributed by atoms with Crippen molar-refractivity contribution in [3.63, 3.8) is 0 Å². The lowest BCUT2D eigenvalue weighted by molar-refractivity contribution is 0.628. The van der Waals surface area contributed by atoms with Gasteiger partial charge in [-0.3, -0.25) is 0 Å². The first-order valence-corrected chi connectivity index (χ1v) is 23.1. The molecular formula is C63H46N4. The van der Waals surface area contributed by atoms with Crippen molar-refractivity contribution in [2.75, 3.05) is 9.80 Å². The largest absolute Gasteiger partial charge is 0.311 e. The highest BCUT2D eigenvalue weighted by atomic mass is 15.2. The highest BCUT2D eigenvalue weighted by Crippen LogP contribution is 2.42. The van der Waals surface area contributed by atoms with Crippen LogP contribution in [0.1, 0.15) is 18.4 Å². The number of pyridine rings is 2. The molecule has 2 aromatic heterocycles. The molecule has 1 unspecified atom stereocenters. The molecule has 0 radical (unpaired) electrons. The van der Waals surface area contributed by atoms with E-state index in [1.165, 1.54) is 27.5 Å². The molecule has 4 heteroatoms. The van der Waals surface area contributed by atoms with Gasteiger partial charge in [0, 0.05) is 67.3 Å². The molecule has 0 saturated heterocycles. The second kappa shape index (κ2) is 17.1. The summed E-state index contributed by atoms with van der Waals surface area (Å²) in [5.41, 5.74) is 15.1. The van der Waals surface area contributed by atoms with Crippen LogP contribution in [0.25, 0.3) is 65.9 Å². The van der Waals surface area contributed by atoms with Crippen LogP contribution in [-0.4, -0.2) is 9.97 Å². The van der Waals surface area contributed by atoms with Crippen molar-refractivity contribution in [1.82, 2.24) is 9.97 Å². The summed E-state index contributed by atoms with van der Waals surface area (Å²) in [6, 6.07) is 82.2. The number of para-hydroxylation sites is 3.